The summed E-state index contributed by atoms with van der Waals surface area (Å²) < 4.78 is 52.4. The van der Waals surface area contributed by atoms with Crippen molar-refractivity contribution >= 4 is 5.69 Å². The number of rotatable bonds is 2. The second kappa shape index (κ2) is 3.93. The smallest absolute Gasteiger partial charge is 0.405 e. The topological polar surface area (TPSA) is 61.3 Å². The van der Waals surface area contributed by atoms with Gasteiger partial charge in [-0.1, -0.05) is 0 Å². The summed E-state index contributed by atoms with van der Waals surface area (Å²) in [6, 6.07) is 1.91. The third kappa shape index (κ3) is 2.72. The first-order chi connectivity index (χ1) is 6.85. The number of anilines is 1. The summed E-state index contributed by atoms with van der Waals surface area (Å²) in [5.74, 6) is -1.66. The molecule has 0 amide bonds. The highest BCUT2D eigenvalue weighted by Crippen LogP contribution is 2.30. The van der Waals surface area contributed by atoms with Gasteiger partial charge < -0.3 is 16.2 Å². The van der Waals surface area contributed by atoms with Gasteiger partial charge in [-0.15, -0.1) is 13.2 Å². The van der Waals surface area contributed by atoms with Crippen LogP contribution in [0.2, 0.25) is 0 Å². The van der Waals surface area contributed by atoms with Gasteiger partial charge in [0.1, 0.15) is 5.75 Å². The maximum Gasteiger partial charge on any atom is 0.573 e. The molecule has 0 atom stereocenters. The van der Waals surface area contributed by atoms with Crippen molar-refractivity contribution in [2.24, 2.45) is 5.73 Å². The predicted octanol–water partition coefficient (Wildman–Crippen LogP) is 1.77. The van der Waals surface area contributed by atoms with E-state index in [9.17, 15) is 17.6 Å². The molecule has 0 saturated carbocycles. The van der Waals surface area contributed by atoms with Gasteiger partial charge in [-0.25, -0.2) is 4.39 Å². The second-order valence-electron chi connectivity index (χ2n) is 2.70. The second-order valence-corrected chi connectivity index (χ2v) is 2.70. The first-order valence-corrected chi connectivity index (χ1v) is 3.88. The average molecular weight is 224 g/mol. The molecule has 1 aromatic carbocycles. The fourth-order valence-electron chi connectivity index (χ4n) is 1.03. The molecule has 0 aliphatic carbocycles. The molecule has 0 heterocycles. The zero-order valence-electron chi connectivity index (χ0n) is 7.44. The van der Waals surface area contributed by atoms with Crippen molar-refractivity contribution in [2.45, 2.75) is 12.9 Å². The standard InChI is InChI=1S/C8H8F4N2O/c9-7-4(3-13)6(2-1-5(7)14)15-8(10,11)12/h1-2H,3,13-14H2. The normalized spacial score (nSPS) is 11.5. The Morgan fingerprint density at radius 2 is 1.87 bits per heavy atom. The Morgan fingerprint density at radius 1 is 1.27 bits per heavy atom. The Labute approximate surface area is 82.6 Å². The maximum atomic E-state index is 13.2. The molecule has 1 rings (SSSR count). The van der Waals surface area contributed by atoms with Crippen LogP contribution in [0.25, 0.3) is 0 Å². The van der Waals surface area contributed by atoms with Gasteiger partial charge in [0, 0.05) is 12.1 Å². The van der Waals surface area contributed by atoms with Crippen molar-refractivity contribution in [1.82, 2.24) is 0 Å². The van der Waals surface area contributed by atoms with Crippen LogP contribution in [-0.2, 0) is 6.54 Å². The van der Waals surface area contributed by atoms with Crippen LogP contribution >= 0.6 is 0 Å². The number of hydrogen-bond acceptors (Lipinski definition) is 3. The van der Waals surface area contributed by atoms with Gasteiger partial charge in [0.05, 0.1) is 5.69 Å². The lowest BCUT2D eigenvalue weighted by Gasteiger charge is -2.13. The Morgan fingerprint density at radius 3 is 2.33 bits per heavy atom. The molecule has 3 nitrogen and oxygen atoms in total. The molecule has 0 aliphatic rings. The van der Waals surface area contributed by atoms with Crippen LogP contribution in [0.15, 0.2) is 12.1 Å². The summed E-state index contributed by atoms with van der Waals surface area (Å²) in [5, 5.41) is 0. The summed E-state index contributed by atoms with van der Waals surface area (Å²) in [4.78, 5) is 0. The molecule has 1 aromatic rings. The lowest BCUT2D eigenvalue weighted by Crippen LogP contribution is -2.19. The first-order valence-electron chi connectivity index (χ1n) is 3.88. The Hall–Kier alpha value is -1.50. The van der Waals surface area contributed by atoms with E-state index in [4.69, 9.17) is 11.5 Å². The van der Waals surface area contributed by atoms with Crippen molar-refractivity contribution in [1.29, 1.82) is 0 Å². The van der Waals surface area contributed by atoms with E-state index >= 15 is 0 Å². The summed E-state index contributed by atoms with van der Waals surface area (Å²) in [6.45, 7) is -0.428. The number of benzene rings is 1. The van der Waals surface area contributed by atoms with E-state index in [0.717, 1.165) is 12.1 Å². The van der Waals surface area contributed by atoms with E-state index in [1.807, 2.05) is 0 Å². The van der Waals surface area contributed by atoms with Crippen LogP contribution < -0.4 is 16.2 Å². The van der Waals surface area contributed by atoms with Crippen molar-refractivity contribution in [3.8, 4) is 5.75 Å². The molecule has 0 fully saturated rings. The quantitative estimate of drug-likeness (QED) is 0.594. The Bertz CT molecular complexity index is 364. The van der Waals surface area contributed by atoms with Crippen LogP contribution in [-0.4, -0.2) is 6.36 Å². The van der Waals surface area contributed by atoms with Gasteiger partial charge in [-0.2, -0.15) is 0 Å². The molecule has 15 heavy (non-hydrogen) atoms. The lowest BCUT2D eigenvalue weighted by molar-refractivity contribution is -0.275. The predicted molar refractivity (Wildman–Crippen MR) is 45.4 cm³/mol. The van der Waals surface area contributed by atoms with Crippen molar-refractivity contribution in [2.75, 3.05) is 5.73 Å². The van der Waals surface area contributed by atoms with Crippen LogP contribution in [0.5, 0.6) is 5.75 Å². The van der Waals surface area contributed by atoms with E-state index in [1.54, 1.807) is 0 Å². The number of nitrogen functional groups attached to an aromatic ring is 1. The van der Waals surface area contributed by atoms with Crippen LogP contribution in [0.4, 0.5) is 23.2 Å². The lowest BCUT2D eigenvalue weighted by atomic mass is 10.1. The molecule has 0 spiro atoms. The molecular formula is C8H8F4N2O. The molecular weight excluding hydrogens is 216 g/mol. The molecule has 0 aromatic heterocycles. The van der Waals surface area contributed by atoms with E-state index < -0.39 is 30.0 Å². The molecule has 0 saturated heterocycles. The number of hydrogen-bond donors (Lipinski definition) is 2. The van der Waals surface area contributed by atoms with E-state index in [-0.39, 0.29) is 5.69 Å². The van der Waals surface area contributed by atoms with Crippen molar-refractivity contribution in [3.63, 3.8) is 0 Å². The van der Waals surface area contributed by atoms with E-state index in [1.165, 1.54) is 0 Å². The molecule has 0 unspecified atom stereocenters. The minimum Gasteiger partial charge on any atom is -0.405 e. The fraction of sp³-hybridized carbons (Fsp3) is 0.250. The molecule has 0 radical (unpaired) electrons. The summed E-state index contributed by atoms with van der Waals surface area (Å²) in [5.41, 5.74) is 9.59. The van der Waals surface area contributed by atoms with Crippen LogP contribution in [0.1, 0.15) is 5.56 Å². The van der Waals surface area contributed by atoms with Gasteiger partial charge >= 0.3 is 6.36 Å². The Balaban J connectivity index is 3.14. The van der Waals surface area contributed by atoms with Gasteiger partial charge in [-0.3, -0.25) is 0 Å². The van der Waals surface area contributed by atoms with Gasteiger partial charge in [0.15, 0.2) is 5.82 Å². The molecule has 4 N–H and O–H groups in total. The number of nitrogens with two attached hydrogens (primary N) is 2. The van der Waals surface area contributed by atoms with Crippen molar-refractivity contribution < 1.29 is 22.3 Å². The van der Waals surface area contributed by atoms with Gasteiger partial charge in [0.2, 0.25) is 0 Å². The Kier molecular flexibility index (Phi) is 3.04. The number of halogens is 4. The highest BCUT2D eigenvalue weighted by Gasteiger charge is 2.32. The maximum absolute atomic E-state index is 13.2. The largest absolute Gasteiger partial charge is 0.573 e. The number of alkyl halides is 3. The fourth-order valence-corrected chi connectivity index (χ4v) is 1.03. The monoisotopic (exact) mass is 224 g/mol. The van der Waals surface area contributed by atoms with Gasteiger partial charge in [-0.05, 0) is 12.1 Å². The number of ether oxygens (including phenoxy) is 1. The van der Waals surface area contributed by atoms with Crippen LogP contribution in [0, 0.1) is 5.82 Å². The minimum absolute atomic E-state index is 0.273. The molecule has 0 bridgehead atoms. The van der Waals surface area contributed by atoms with Crippen LogP contribution in [0.3, 0.4) is 0 Å². The zero-order chi connectivity index (χ0) is 11.6. The van der Waals surface area contributed by atoms with E-state index in [2.05, 4.69) is 4.74 Å². The SMILES string of the molecule is NCc1c(OC(F)(F)F)ccc(N)c1F. The molecule has 84 valence electrons. The van der Waals surface area contributed by atoms with Gasteiger partial charge in [0.25, 0.3) is 0 Å². The van der Waals surface area contributed by atoms with E-state index in [0.29, 0.717) is 0 Å². The summed E-state index contributed by atoms with van der Waals surface area (Å²) in [6.07, 6.45) is -4.88. The van der Waals surface area contributed by atoms with Crippen molar-refractivity contribution in [3.05, 3.63) is 23.5 Å². The summed E-state index contributed by atoms with van der Waals surface area (Å²) >= 11 is 0. The summed E-state index contributed by atoms with van der Waals surface area (Å²) in [7, 11) is 0. The highest BCUT2D eigenvalue weighted by atomic mass is 19.4. The average Bonchev–Trinajstić information content (AvgIpc) is 2.10. The molecule has 0 aliphatic heterocycles. The first kappa shape index (κ1) is 11.6. The highest BCUT2D eigenvalue weighted by molar-refractivity contribution is 5.49. The minimum atomic E-state index is -4.88. The zero-order valence-corrected chi connectivity index (χ0v) is 7.44. The third-order valence-electron chi connectivity index (χ3n) is 1.66. The molecule has 7 heteroatoms. The third-order valence-corrected chi connectivity index (χ3v) is 1.66.